The summed E-state index contributed by atoms with van der Waals surface area (Å²) in [7, 11) is 0. The molecule has 2 heterocycles. The van der Waals surface area contributed by atoms with Crippen LogP contribution in [-0.4, -0.2) is 26.4 Å². The van der Waals surface area contributed by atoms with Crippen LogP contribution in [0.4, 0.5) is 5.00 Å². The van der Waals surface area contributed by atoms with E-state index in [4.69, 9.17) is 27.9 Å². The Morgan fingerprint density at radius 2 is 2.13 bits per heavy atom. The maximum Gasteiger partial charge on any atom is 0.235 e. The Morgan fingerprint density at radius 3 is 2.82 bits per heavy atom. The van der Waals surface area contributed by atoms with Crippen molar-refractivity contribution in [3.63, 3.8) is 0 Å². The van der Waals surface area contributed by atoms with Gasteiger partial charge in [-0.05, 0) is 62.1 Å². The third-order valence-corrected chi connectivity index (χ3v) is 9.49. The van der Waals surface area contributed by atoms with Crippen molar-refractivity contribution in [2.24, 2.45) is 11.3 Å². The van der Waals surface area contributed by atoms with Gasteiger partial charge in [-0.3, -0.25) is 4.79 Å². The average molecular weight is 593 g/mol. The lowest BCUT2D eigenvalue weighted by atomic mass is 9.72. The van der Waals surface area contributed by atoms with Crippen molar-refractivity contribution < 1.29 is 9.53 Å². The van der Waals surface area contributed by atoms with E-state index in [1.54, 1.807) is 29.5 Å². The fraction of sp³-hybridized carbons (Fsp3) is 0.481. The zero-order valence-electron chi connectivity index (χ0n) is 22.1. The number of nitrogens with zero attached hydrogens (tertiary/aromatic N) is 4. The third kappa shape index (κ3) is 6.31. The highest BCUT2D eigenvalue weighted by Crippen LogP contribution is 2.44. The van der Waals surface area contributed by atoms with Gasteiger partial charge >= 0.3 is 0 Å². The zero-order chi connectivity index (χ0) is 27.6. The fourth-order valence-electron chi connectivity index (χ4n) is 4.64. The molecule has 1 N–H and O–H groups in total. The topological polar surface area (TPSA) is 92.8 Å². The Bertz CT molecular complexity index is 1370. The van der Waals surface area contributed by atoms with E-state index in [2.05, 4.69) is 42.4 Å². The molecule has 2 aromatic heterocycles. The van der Waals surface area contributed by atoms with Crippen LogP contribution in [0.25, 0.3) is 0 Å². The summed E-state index contributed by atoms with van der Waals surface area (Å²) >= 11 is 15.2. The maximum absolute atomic E-state index is 12.9. The second-order valence-electron chi connectivity index (χ2n) is 10.4. The van der Waals surface area contributed by atoms with Crippen LogP contribution < -0.4 is 10.1 Å². The number of nitrogens with one attached hydrogen (secondary N) is 1. The van der Waals surface area contributed by atoms with Crippen LogP contribution in [0.2, 0.25) is 10.0 Å². The summed E-state index contributed by atoms with van der Waals surface area (Å²) < 4.78 is 7.92. The molecule has 11 heteroatoms. The van der Waals surface area contributed by atoms with Crippen molar-refractivity contribution in [3.8, 4) is 11.8 Å². The van der Waals surface area contributed by atoms with E-state index in [-0.39, 0.29) is 17.1 Å². The van der Waals surface area contributed by atoms with Crippen molar-refractivity contribution in [2.45, 2.75) is 71.7 Å². The van der Waals surface area contributed by atoms with E-state index < -0.39 is 6.10 Å². The van der Waals surface area contributed by atoms with Gasteiger partial charge < -0.3 is 14.6 Å². The molecule has 3 aromatic rings. The van der Waals surface area contributed by atoms with E-state index in [9.17, 15) is 10.1 Å². The second kappa shape index (κ2) is 11.9. The van der Waals surface area contributed by atoms with Crippen LogP contribution in [-0.2, 0) is 24.2 Å². The Kier molecular flexibility index (Phi) is 8.98. The summed E-state index contributed by atoms with van der Waals surface area (Å²) in [6, 6.07) is 7.37. The molecule has 38 heavy (non-hydrogen) atoms. The number of benzene rings is 1. The molecule has 2 atom stereocenters. The number of fused-ring (bicyclic) bond motifs is 1. The first-order valence-corrected chi connectivity index (χ1v) is 15.1. The van der Waals surface area contributed by atoms with E-state index in [0.717, 1.165) is 24.8 Å². The second-order valence-corrected chi connectivity index (χ2v) is 13.3. The average Bonchev–Trinajstić information content (AvgIpc) is 3.44. The van der Waals surface area contributed by atoms with Gasteiger partial charge in [0, 0.05) is 22.5 Å². The lowest BCUT2D eigenvalue weighted by Gasteiger charge is -2.33. The highest BCUT2D eigenvalue weighted by Gasteiger charge is 2.32. The number of amides is 1. The Balaban J connectivity index is 1.42. The van der Waals surface area contributed by atoms with Crippen LogP contribution in [0.1, 0.15) is 69.0 Å². The van der Waals surface area contributed by atoms with Gasteiger partial charge in [0.2, 0.25) is 5.91 Å². The maximum atomic E-state index is 12.9. The number of nitriles is 1. The lowest BCUT2D eigenvalue weighted by Crippen LogP contribution is -2.26. The molecular weight excluding hydrogens is 561 g/mol. The normalized spacial score (nSPS) is 16.0. The number of thiophene rings is 1. The molecule has 1 aliphatic rings. The zero-order valence-corrected chi connectivity index (χ0v) is 25.2. The highest BCUT2D eigenvalue weighted by molar-refractivity contribution is 7.99. The van der Waals surface area contributed by atoms with Gasteiger partial charge in [0.15, 0.2) is 17.1 Å². The van der Waals surface area contributed by atoms with Crippen LogP contribution in [0.3, 0.4) is 0 Å². The number of hydrogen-bond acceptors (Lipinski definition) is 7. The summed E-state index contributed by atoms with van der Waals surface area (Å²) in [6.07, 6.45) is 2.45. The van der Waals surface area contributed by atoms with Gasteiger partial charge in [0.1, 0.15) is 16.8 Å². The molecule has 1 aromatic carbocycles. The Morgan fingerprint density at radius 1 is 1.37 bits per heavy atom. The Labute approximate surface area is 241 Å². The standard InChI is InChI=1S/C27H31Cl2N5O2S2/c1-6-34-24(15(2)36-21-12-17(28)8-10-20(21)29)32-33-26(34)37-14-23(35)31-25-19(13-30)18-9-7-16(27(3,4)5)11-22(18)38-25/h8,10,12,15-16H,6-7,9,11,14H2,1-5H3,(H,31,35). The van der Waals surface area contributed by atoms with Gasteiger partial charge in [0.25, 0.3) is 0 Å². The van der Waals surface area contributed by atoms with Gasteiger partial charge in [0.05, 0.1) is 16.3 Å². The van der Waals surface area contributed by atoms with E-state index >= 15 is 0 Å². The van der Waals surface area contributed by atoms with Crippen molar-refractivity contribution >= 4 is 57.2 Å². The minimum Gasteiger partial charge on any atom is -0.481 e. The molecule has 202 valence electrons. The first-order chi connectivity index (χ1) is 18.0. The smallest absolute Gasteiger partial charge is 0.235 e. The van der Waals surface area contributed by atoms with Gasteiger partial charge in [-0.15, -0.1) is 21.5 Å². The minimum absolute atomic E-state index is 0.144. The molecule has 1 aliphatic carbocycles. The number of carbonyl (C=O) groups excluding carboxylic acids is 1. The van der Waals surface area contributed by atoms with E-state index in [0.29, 0.717) is 49.8 Å². The van der Waals surface area contributed by atoms with Crippen molar-refractivity contribution in [1.82, 2.24) is 14.8 Å². The monoisotopic (exact) mass is 591 g/mol. The van der Waals surface area contributed by atoms with Crippen LogP contribution in [0.5, 0.6) is 5.75 Å². The van der Waals surface area contributed by atoms with Crippen molar-refractivity contribution in [2.75, 3.05) is 11.1 Å². The van der Waals surface area contributed by atoms with Gasteiger partial charge in [-0.1, -0.05) is 55.7 Å². The lowest BCUT2D eigenvalue weighted by molar-refractivity contribution is -0.113. The molecule has 7 nitrogen and oxygen atoms in total. The molecule has 0 bridgehead atoms. The highest BCUT2D eigenvalue weighted by atomic mass is 35.5. The fourth-order valence-corrected chi connectivity index (χ4v) is 7.07. The largest absolute Gasteiger partial charge is 0.481 e. The number of halogens is 2. The summed E-state index contributed by atoms with van der Waals surface area (Å²) in [5.74, 6) is 1.62. The molecule has 0 saturated carbocycles. The number of thioether (sulfide) groups is 1. The molecule has 0 aliphatic heterocycles. The summed E-state index contributed by atoms with van der Waals surface area (Å²) in [5, 5.41) is 23.7. The van der Waals surface area contributed by atoms with Crippen molar-refractivity contribution in [3.05, 3.63) is 50.1 Å². The number of carbonyl (C=O) groups is 1. The predicted molar refractivity (Wildman–Crippen MR) is 155 cm³/mol. The molecule has 0 radical (unpaired) electrons. The van der Waals surface area contributed by atoms with Crippen molar-refractivity contribution in [1.29, 1.82) is 5.26 Å². The number of anilines is 1. The number of ether oxygens (including phenoxy) is 1. The quantitative estimate of drug-likeness (QED) is 0.272. The summed E-state index contributed by atoms with van der Waals surface area (Å²) in [6.45, 7) is 11.2. The molecule has 0 fully saturated rings. The van der Waals surface area contributed by atoms with Crippen LogP contribution in [0, 0.1) is 22.7 Å². The first-order valence-electron chi connectivity index (χ1n) is 12.5. The van der Waals surface area contributed by atoms with Gasteiger partial charge in [-0.25, -0.2) is 0 Å². The first kappa shape index (κ1) is 28.8. The third-order valence-electron chi connectivity index (χ3n) is 6.81. The minimum atomic E-state index is -0.436. The van der Waals surface area contributed by atoms with E-state index in [1.807, 2.05) is 18.4 Å². The SMILES string of the molecule is CCn1c(SCC(=O)Nc2sc3c(c2C#N)CCC(C(C)(C)C)C3)nnc1C(C)Oc1cc(Cl)ccc1Cl. The molecular formula is C27H31Cl2N5O2S2. The predicted octanol–water partition coefficient (Wildman–Crippen LogP) is 7.56. The molecule has 4 rings (SSSR count). The number of aromatic nitrogens is 3. The van der Waals surface area contributed by atoms with Crippen LogP contribution in [0.15, 0.2) is 23.4 Å². The molecule has 1 amide bonds. The van der Waals surface area contributed by atoms with Gasteiger partial charge in [-0.2, -0.15) is 5.26 Å². The number of rotatable bonds is 8. The van der Waals surface area contributed by atoms with Crippen LogP contribution >= 0.6 is 46.3 Å². The molecule has 0 spiro atoms. The number of hydrogen-bond donors (Lipinski definition) is 1. The van der Waals surface area contributed by atoms with E-state index in [1.165, 1.54) is 16.6 Å². The summed E-state index contributed by atoms with van der Waals surface area (Å²) in [5.41, 5.74) is 1.93. The summed E-state index contributed by atoms with van der Waals surface area (Å²) in [4.78, 5) is 14.1. The molecule has 0 saturated heterocycles. The molecule has 2 unspecified atom stereocenters. The Hall–Kier alpha value is -2.25.